The second kappa shape index (κ2) is 6.40. The summed E-state index contributed by atoms with van der Waals surface area (Å²) in [6, 6.07) is 2.85. The van der Waals surface area contributed by atoms with E-state index in [1.807, 2.05) is 18.2 Å². The summed E-state index contributed by atoms with van der Waals surface area (Å²) in [7, 11) is 0. The van der Waals surface area contributed by atoms with Crippen LogP contribution in [0.4, 0.5) is 11.4 Å². The number of hydrogen-bond acceptors (Lipinski definition) is 6. The van der Waals surface area contributed by atoms with Crippen LogP contribution in [0, 0.1) is 31.1 Å². The van der Waals surface area contributed by atoms with E-state index in [0.29, 0.717) is 0 Å². The molecule has 0 heterocycles. The van der Waals surface area contributed by atoms with E-state index in [1.54, 1.807) is 0 Å². The Morgan fingerprint density at radius 3 is 2.29 bits per heavy atom. The number of carbonyl (C=O) groups is 1. The van der Waals surface area contributed by atoms with Crippen LogP contribution in [0.25, 0.3) is 0 Å². The maximum absolute atomic E-state index is 12.8. The van der Waals surface area contributed by atoms with Gasteiger partial charge in [0.2, 0.25) is 0 Å². The molecule has 0 aromatic heterocycles. The molecular weight excluding hydrogens is 364 g/mol. The summed E-state index contributed by atoms with van der Waals surface area (Å²) < 4.78 is 5.74. The number of carbonyl (C=O) groups excluding carboxylic acids is 1. The number of benzene rings is 1. The fourth-order valence-corrected chi connectivity index (χ4v) is 4.71. The first-order valence-corrected chi connectivity index (χ1v) is 9.08. The van der Waals surface area contributed by atoms with Crippen molar-refractivity contribution >= 4 is 17.3 Å². The van der Waals surface area contributed by atoms with Crippen LogP contribution in [0.2, 0.25) is 0 Å². The molecule has 3 atom stereocenters. The Morgan fingerprint density at radius 1 is 0.964 bits per heavy atom. The van der Waals surface area contributed by atoms with Gasteiger partial charge in [-0.05, 0) is 18.9 Å². The minimum absolute atomic E-state index is 0.195. The largest absolute Gasteiger partial charge is 0.454 e. The minimum Gasteiger partial charge on any atom is -0.454 e. The Hall–Kier alpha value is -3.29. The first kappa shape index (κ1) is 18.1. The number of nitro benzene ring substituents is 2. The number of rotatable bonds is 4. The number of nitro groups is 2. The maximum Gasteiger partial charge on any atom is 0.339 e. The molecule has 0 N–H and O–H groups in total. The summed E-state index contributed by atoms with van der Waals surface area (Å²) in [5.41, 5.74) is -1.81. The van der Waals surface area contributed by atoms with Crippen LogP contribution < -0.4 is 0 Å². The van der Waals surface area contributed by atoms with Gasteiger partial charge in [-0.1, -0.05) is 43.2 Å². The van der Waals surface area contributed by atoms with Gasteiger partial charge in [0, 0.05) is 23.0 Å². The molecule has 8 heteroatoms. The molecule has 1 saturated carbocycles. The lowest BCUT2D eigenvalue weighted by Gasteiger charge is -2.49. The highest BCUT2D eigenvalue weighted by Crippen LogP contribution is 2.61. The number of hydrogen-bond donors (Lipinski definition) is 0. The molecular formula is C20H18N2O6. The molecule has 0 saturated heterocycles. The molecule has 0 spiro atoms. The Bertz CT molecular complexity index is 933. The Morgan fingerprint density at radius 2 is 1.61 bits per heavy atom. The van der Waals surface area contributed by atoms with Crippen LogP contribution in [-0.2, 0) is 4.74 Å². The van der Waals surface area contributed by atoms with Crippen molar-refractivity contribution in [1.82, 2.24) is 0 Å². The van der Waals surface area contributed by atoms with Crippen LogP contribution in [0.5, 0.6) is 0 Å². The zero-order valence-corrected chi connectivity index (χ0v) is 14.9. The van der Waals surface area contributed by atoms with E-state index in [4.69, 9.17) is 4.74 Å². The lowest BCUT2D eigenvalue weighted by molar-refractivity contribution is -0.394. The smallest absolute Gasteiger partial charge is 0.339 e. The summed E-state index contributed by atoms with van der Waals surface area (Å²) >= 11 is 0. The highest BCUT2D eigenvalue weighted by Gasteiger charge is 2.57. The van der Waals surface area contributed by atoms with E-state index in [1.165, 1.54) is 0 Å². The van der Waals surface area contributed by atoms with Crippen molar-refractivity contribution in [2.24, 2.45) is 10.8 Å². The Kier molecular flexibility index (Phi) is 4.14. The van der Waals surface area contributed by atoms with Gasteiger partial charge in [0.05, 0.1) is 21.5 Å². The molecule has 0 aliphatic heterocycles. The minimum atomic E-state index is -0.805. The quantitative estimate of drug-likeness (QED) is 0.333. The molecule has 144 valence electrons. The molecule has 28 heavy (non-hydrogen) atoms. The topological polar surface area (TPSA) is 113 Å². The zero-order chi connectivity index (χ0) is 19.9. The molecule has 0 unspecified atom stereocenters. The number of non-ortho nitro benzene ring substituents is 2. The van der Waals surface area contributed by atoms with E-state index >= 15 is 0 Å². The van der Waals surface area contributed by atoms with E-state index < -0.39 is 33.3 Å². The molecule has 1 fully saturated rings. The first-order chi connectivity index (χ1) is 13.4. The number of allylic oxidation sites excluding steroid dienone is 4. The third-order valence-electron chi connectivity index (χ3n) is 6.07. The molecule has 0 amide bonds. The van der Waals surface area contributed by atoms with Gasteiger partial charge >= 0.3 is 5.97 Å². The van der Waals surface area contributed by atoms with E-state index in [0.717, 1.165) is 43.9 Å². The molecule has 3 aliphatic rings. The third-order valence-corrected chi connectivity index (χ3v) is 6.07. The van der Waals surface area contributed by atoms with Gasteiger partial charge in [0.25, 0.3) is 11.4 Å². The summed E-state index contributed by atoms with van der Waals surface area (Å²) in [6.45, 7) is 0. The summed E-state index contributed by atoms with van der Waals surface area (Å²) in [6.07, 6.45) is 15.5. The molecule has 1 aromatic rings. The van der Waals surface area contributed by atoms with Crippen molar-refractivity contribution in [3.8, 4) is 0 Å². The van der Waals surface area contributed by atoms with Crippen LogP contribution >= 0.6 is 0 Å². The SMILES string of the molecule is O=C(O[C@@H]1C=C[C@@]23C=CC=C[C@@]12CCCC3)c1cc([N+](=O)[O-])cc([N+](=O)[O-])c1. The molecule has 8 nitrogen and oxygen atoms in total. The number of nitrogens with zero attached hydrogens (tertiary/aromatic N) is 2. The highest BCUT2D eigenvalue weighted by atomic mass is 16.6. The van der Waals surface area contributed by atoms with Crippen molar-refractivity contribution in [2.45, 2.75) is 31.8 Å². The maximum atomic E-state index is 12.8. The predicted octanol–water partition coefficient (Wildman–Crippen LogP) is 4.27. The predicted molar refractivity (Wildman–Crippen MR) is 99.7 cm³/mol. The average Bonchev–Trinajstić information content (AvgIpc) is 3.02. The summed E-state index contributed by atoms with van der Waals surface area (Å²) in [4.78, 5) is 33.4. The van der Waals surface area contributed by atoms with Gasteiger partial charge < -0.3 is 4.74 Å². The van der Waals surface area contributed by atoms with Crippen molar-refractivity contribution in [2.75, 3.05) is 0 Å². The van der Waals surface area contributed by atoms with Crippen LogP contribution in [0.1, 0.15) is 36.0 Å². The molecule has 0 bridgehead atoms. The van der Waals surface area contributed by atoms with Crippen molar-refractivity contribution < 1.29 is 19.4 Å². The van der Waals surface area contributed by atoms with Gasteiger partial charge in [-0.15, -0.1) is 0 Å². The number of esters is 1. The van der Waals surface area contributed by atoms with Crippen LogP contribution in [0.3, 0.4) is 0 Å². The molecule has 3 aliphatic carbocycles. The van der Waals surface area contributed by atoms with Gasteiger partial charge in [0.15, 0.2) is 0 Å². The van der Waals surface area contributed by atoms with E-state index in [2.05, 4.69) is 18.2 Å². The first-order valence-electron chi connectivity index (χ1n) is 9.08. The van der Waals surface area contributed by atoms with Crippen molar-refractivity contribution in [1.29, 1.82) is 0 Å². The van der Waals surface area contributed by atoms with Gasteiger partial charge in [-0.25, -0.2) is 4.79 Å². The fourth-order valence-electron chi connectivity index (χ4n) is 4.71. The van der Waals surface area contributed by atoms with Gasteiger partial charge in [-0.3, -0.25) is 20.2 Å². The molecule has 0 radical (unpaired) electrons. The van der Waals surface area contributed by atoms with Crippen LogP contribution in [0.15, 0.2) is 54.7 Å². The molecule has 1 aromatic carbocycles. The van der Waals surface area contributed by atoms with Gasteiger partial charge in [-0.2, -0.15) is 0 Å². The molecule has 4 rings (SSSR count). The van der Waals surface area contributed by atoms with Gasteiger partial charge in [0.1, 0.15) is 6.10 Å². The monoisotopic (exact) mass is 382 g/mol. The highest BCUT2D eigenvalue weighted by molar-refractivity contribution is 5.91. The summed E-state index contributed by atoms with van der Waals surface area (Å²) in [5, 5.41) is 22.1. The van der Waals surface area contributed by atoms with E-state index in [9.17, 15) is 25.0 Å². The lowest BCUT2D eigenvalue weighted by Crippen LogP contribution is -2.47. The van der Waals surface area contributed by atoms with E-state index in [-0.39, 0.29) is 16.4 Å². The second-order valence-electron chi connectivity index (χ2n) is 7.44. The standard InChI is InChI=1S/C20H18N2O6/c23-18(14-11-15(21(24)25)13-16(12-14)22(26)27)28-17-5-10-19-6-1-3-8-20(17,19)9-4-2-7-19/h1,3,5-6,8,10-13,17H,2,4,7,9H2/t17-,19+,20-/m1/s1. The lowest BCUT2D eigenvalue weighted by atomic mass is 9.55. The number of ether oxygens (including phenoxy) is 1. The Balaban J connectivity index is 1.65. The average molecular weight is 382 g/mol. The summed E-state index contributed by atoms with van der Waals surface area (Å²) in [5.74, 6) is -0.805. The second-order valence-corrected chi connectivity index (χ2v) is 7.44. The Labute approximate surface area is 160 Å². The third kappa shape index (κ3) is 2.64. The zero-order valence-electron chi connectivity index (χ0n) is 14.9. The fraction of sp³-hybridized carbons (Fsp3) is 0.350. The van der Waals surface area contributed by atoms with Crippen LogP contribution in [-0.4, -0.2) is 21.9 Å². The normalized spacial score (nSPS) is 29.8. The van der Waals surface area contributed by atoms with Crippen molar-refractivity contribution in [3.05, 3.63) is 80.4 Å². The van der Waals surface area contributed by atoms with Crippen molar-refractivity contribution in [3.63, 3.8) is 0 Å².